The van der Waals surface area contributed by atoms with E-state index >= 15 is 0 Å². The van der Waals surface area contributed by atoms with Crippen molar-refractivity contribution >= 4 is 5.69 Å². The van der Waals surface area contributed by atoms with E-state index in [4.69, 9.17) is 10.00 Å². The van der Waals surface area contributed by atoms with E-state index in [0.29, 0.717) is 5.75 Å². The zero-order valence-corrected chi connectivity index (χ0v) is 10.6. The number of halogens is 2. The summed E-state index contributed by atoms with van der Waals surface area (Å²) >= 11 is 0. The molecule has 102 valence electrons. The fourth-order valence-electron chi connectivity index (χ4n) is 1.73. The number of nitriles is 1. The van der Waals surface area contributed by atoms with Crippen LogP contribution in [0.15, 0.2) is 42.5 Å². The molecule has 0 saturated heterocycles. The van der Waals surface area contributed by atoms with Crippen molar-refractivity contribution in [3.8, 4) is 11.8 Å². The highest BCUT2D eigenvalue weighted by Crippen LogP contribution is 2.21. The Morgan fingerprint density at radius 3 is 2.70 bits per heavy atom. The van der Waals surface area contributed by atoms with Gasteiger partial charge in [0.15, 0.2) is 18.2 Å². The second-order valence-corrected chi connectivity index (χ2v) is 4.01. The van der Waals surface area contributed by atoms with Crippen LogP contribution >= 0.6 is 0 Å². The Bertz CT molecular complexity index is 638. The lowest BCUT2D eigenvalue weighted by Gasteiger charge is -2.11. The number of nitrogens with zero attached hydrogens (tertiary/aromatic N) is 1. The topological polar surface area (TPSA) is 45.0 Å². The molecule has 2 aromatic rings. The first kappa shape index (κ1) is 13.8. The maximum Gasteiger partial charge on any atom is 0.181 e. The lowest BCUT2D eigenvalue weighted by molar-refractivity contribution is 0.364. The average Bonchev–Trinajstić information content (AvgIpc) is 2.47. The van der Waals surface area contributed by atoms with Crippen LogP contribution < -0.4 is 10.1 Å². The van der Waals surface area contributed by atoms with Crippen molar-refractivity contribution in [2.45, 2.75) is 6.54 Å². The largest absolute Gasteiger partial charge is 0.478 e. The molecule has 1 N–H and O–H groups in total. The Labute approximate surface area is 115 Å². The zero-order valence-electron chi connectivity index (χ0n) is 10.6. The third kappa shape index (κ3) is 3.23. The van der Waals surface area contributed by atoms with E-state index in [1.807, 2.05) is 6.07 Å². The Morgan fingerprint density at radius 2 is 1.90 bits per heavy atom. The van der Waals surface area contributed by atoms with Gasteiger partial charge < -0.3 is 10.1 Å². The predicted molar refractivity (Wildman–Crippen MR) is 71.2 cm³/mol. The van der Waals surface area contributed by atoms with E-state index in [9.17, 15) is 8.78 Å². The summed E-state index contributed by atoms with van der Waals surface area (Å²) in [5.74, 6) is -1.27. The molecule has 0 fully saturated rings. The molecule has 0 radical (unpaired) electrons. The van der Waals surface area contributed by atoms with Crippen molar-refractivity contribution < 1.29 is 13.5 Å². The Hall–Kier alpha value is -2.61. The predicted octanol–water partition coefficient (Wildman–Crippen LogP) is 3.48. The first-order valence-electron chi connectivity index (χ1n) is 5.98. The first-order valence-corrected chi connectivity index (χ1v) is 5.98. The van der Waals surface area contributed by atoms with Gasteiger partial charge in [0.2, 0.25) is 0 Å². The van der Waals surface area contributed by atoms with Gasteiger partial charge in [0, 0.05) is 12.1 Å². The lowest BCUT2D eigenvalue weighted by atomic mass is 10.2. The lowest BCUT2D eigenvalue weighted by Crippen LogP contribution is -2.05. The molecule has 0 unspecified atom stereocenters. The summed E-state index contributed by atoms with van der Waals surface area (Å²) in [4.78, 5) is 0. The number of hydrogen-bond donors (Lipinski definition) is 1. The van der Waals surface area contributed by atoms with Crippen molar-refractivity contribution in [1.82, 2.24) is 0 Å². The summed E-state index contributed by atoms with van der Waals surface area (Å²) in [7, 11) is 0. The molecule has 0 aliphatic heterocycles. The molecule has 0 aliphatic carbocycles. The summed E-state index contributed by atoms with van der Waals surface area (Å²) in [5.41, 5.74) is 0.839. The van der Waals surface area contributed by atoms with Gasteiger partial charge >= 0.3 is 0 Å². The molecule has 0 bridgehead atoms. The SMILES string of the molecule is N#CCOc1ccccc1CNc1cccc(F)c1F. The fraction of sp³-hybridized carbons (Fsp3) is 0.133. The van der Waals surface area contributed by atoms with Crippen LogP contribution in [0.5, 0.6) is 5.75 Å². The van der Waals surface area contributed by atoms with Gasteiger partial charge in [0.05, 0.1) is 5.69 Å². The molecular formula is C15H12F2N2O. The number of rotatable bonds is 5. The highest BCUT2D eigenvalue weighted by Gasteiger charge is 2.08. The Kier molecular flexibility index (Phi) is 4.51. The van der Waals surface area contributed by atoms with Crippen molar-refractivity contribution in [2.24, 2.45) is 0 Å². The van der Waals surface area contributed by atoms with Gasteiger partial charge in [-0.05, 0) is 18.2 Å². The molecule has 0 spiro atoms. The molecule has 0 saturated carbocycles. The van der Waals surface area contributed by atoms with Crippen LogP contribution in [-0.2, 0) is 6.54 Å². The van der Waals surface area contributed by atoms with Crippen LogP contribution in [0.4, 0.5) is 14.5 Å². The van der Waals surface area contributed by atoms with E-state index in [1.165, 1.54) is 12.1 Å². The third-order valence-corrected chi connectivity index (χ3v) is 2.69. The van der Waals surface area contributed by atoms with Gasteiger partial charge in [0.1, 0.15) is 11.8 Å². The third-order valence-electron chi connectivity index (χ3n) is 2.69. The number of ether oxygens (including phenoxy) is 1. The molecule has 0 aliphatic rings. The molecular weight excluding hydrogens is 262 g/mol. The van der Waals surface area contributed by atoms with E-state index in [0.717, 1.165) is 11.6 Å². The summed E-state index contributed by atoms with van der Waals surface area (Å²) in [6.07, 6.45) is 0. The minimum absolute atomic E-state index is 0.0641. The van der Waals surface area contributed by atoms with Gasteiger partial charge in [-0.3, -0.25) is 0 Å². The fourth-order valence-corrected chi connectivity index (χ4v) is 1.73. The highest BCUT2D eigenvalue weighted by atomic mass is 19.2. The molecule has 0 atom stereocenters. The van der Waals surface area contributed by atoms with Crippen LogP contribution in [0.3, 0.4) is 0 Å². The number of hydrogen-bond acceptors (Lipinski definition) is 3. The number of anilines is 1. The average molecular weight is 274 g/mol. The number of para-hydroxylation sites is 1. The summed E-state index contributed by atoms with van der Waals surface area (Å²) in [5, 5.41) is 11.3. The second-order valence-electron chi connectivity index (χ2n) is 4.01. The summed E-state index contributed by atoms with van der Waals surface area (Å²) in [6, 6.07) is 12.9. The molecule has 0 amide bonds. The molecule has 0 aromatic heterocycles. The van der Waals surface area contributed by atoms with Gasteiger partial charge in [-0.2, -0.15) is 5.26 Å². The van der Waals surface area contributed by atoms with Crippen molar-refractivity contribution in [3.05, 3.63) is 59.7 Å². The second kappa shape index (κ2) is 6.53. The highest BCUT2D eigenvalue weighted by molar-refractivity contribution is 5.46. The van der Waals surface area contributed by atoms with E-state index in [1.54, 1.807) is 24.3 Å². The van der Waals surface area contributed by atoms with Crippen LogP contribution in [0.1, 0.15) is 5.56 Å². The Balaban J connectivity index is 2.11. The minimum atomic E-state index is -0.914. The zero-order chi connectivity index (χ0) is 14.4. The maximum atomic E-state index is 13.5. The quantitative estimate of drug-likeness (QED) is 0.907. The molecule has 3 nitrogen and oxygen atoms in total. The number of benzene rings is 2. The molecule has 5 heteroatoms. The van der Waals surface area contributed by atoms with E-state index in [-0.39, 0.29) is 18.8 Å². The van der Waals surface area contributed by atoms with Crippen molar-refractivity contribution in [2.75, 3.05) is 11.9 Å². The van der Waals surface area contributed by atoms with E-state index in [2.05, 4.69) is 5.32 Å². The first-order chi connectivity index (χ1) is 9.72. The van der Waals surface area contributed by atoms with Gasteiger partial charge in [0.25, 0.3) is 0 Å². The minimum Gasteiger partial charge on any atom is -0.478 e. The molecule has 2 rings (SSSR count). The standard InChI is InChI=1S/C15H12F2N2O/c16-12-5-3-6-13(15(12)17)19-10-11-4-1-2-7-14(11)20-9-8-18/h1-7,19H,9-10H2. The Morgan fingerprint density at radius 1 is 1.10 bits per heavy atom. The molecule has 20 heavy (non-hydrogen) atoms. The normalized spacial score (nSPS) is 9.85. The van der Waals surface area contributed by atoms with E-state index < -0.39 is 11.6 Å². The molecule has 0 heterocycles. The monoisotopic (exact) mass is 274 g/mol. The van der Waals surface area contributed by atoms with Gasteiger partial charge in [-0.1, -0.05) is 24.3 Å². The van der Waals surface area contributed by atoms with Gasteiger partial charge in [-0.15, -0.1) is 0 Å². The number of nitrogens with one attached hydrogen (secondary N) is 1. The van der Waals surface area contributed by atoms with Crippen molar-refractivity contribution in [1.29, 1.82) is 5.26 Å². The van der Waals surface area contributed by atoms with Crippen LogP contribution in [0, 0.1) is 23.0 Å². The van der Waals surface area contributed by atoms with Gasteiger partial charge in [-0.25, -0.2) is 8.78 Å². The van der Waals surface area contributed by atoms with Crippen molar-refractivity contribution in [3.63, 3.8) is 0 Å². The van der Waals surface area contributed by atoms with Crippen LogP contribution in [-0.4, -0.2) is 6.61 Å². The van der Waals surface area contributed by atoms with Crippen LogP contribution in [0.2, 0.25) is 0 Å². The summed E-state index contributed by atoms with van der Waals surface area (Å²) < 4.78 is 31.8. The van der Waals surface area contributed by atoms with Crippen LogP contribution in [0.25, 0.3) is 0 Å². The maximum absolute atomic E-state index is 13.5. The summed E-state index contributed by atoms with van der Waals surface area (Å²) in [6.45, 7) is 0.202. The smallest absolute Gasteiger partial charge is 0.181 e. The molecule has 2 aromatic carbocycles.